The molecule has 4 atom stereocenters. The minimum atomic E-state index is -1.49. The molecule has 2 N–H and O–H groups in total. The van der Waals surface area contributed by atoms with Crippen LogP contribution in [0.4, 0.5) is 9.59 Å². The summed E-state index contributed by atoms with van der Waals surface area (Å²) < 4.78 is 21.1. The van der Waals surface area contributed by atoms with Gasteiger partial charge in [-0.05, 0) is 36.5 Å². The Labute approximate surface area is 242 Å². The maximum atomic E-state index is 14.4. The van der Waals surface area contributed by atoms with Crippen molar-refractivity contribution in [3.63, 3.8) is 0 Å². The van der Waals surface area contributed by atoms with Gasteiger partial charge in [0.25, 0.3) is 5.89 Å². The average molecular weight is 589 g/mol. The van der Waals surface area contributed by atoms with E-state index in [2.05, 4.69) is 5.10 Å². The number of urea groups is 1. The monoisotopic (exact) mass is 588 g/mol. The van der Waals surface area contributed by atoms with E-state index in [-0.39, 0.29) is 25.8 Å². The topological polar surface area (TPSA) is 173 Å². The van der Waals surface area contributed by atoms with E-state index in [9.17, 15) is 24.0 Å². The second-order valence-corrected chi connectivity index (χ2v) is 11.4. The molecular weight excluding hydrogens is 550 g/mol. The van der Waals surface area contributed by atoms with Gasteiger partial charge in [0.05, 0.1) is 20.2 Å². The molecule has 1 aromatic heterocycles. The molecule has 0 radical (unpaired) electrons. The first-order chi connectivity index (χ1) is 19.8. The van der Waals surface area contributed by atoms with Gasteiger partial charge < -0.3 is 24.4 Å². The molecule has 0 saturated carbocycles. The van der Waals surface area contributed by atoms with Crippen LogP contribution in [0.25, 0.3) is 0 Å². The lowest BCUT2D eigenvalue weighted by Gasteiger charge is -2.40. The number of hydrogen-bond donors (Lipinski definition) is 1. The van der Waals surface area contributed by atoms with Gasteiger partial charge in [-0.25, -0.2) is 19.2 Å². The van der Waals surface area contributed by atoms with E-state index in [4.69, 9.17) is 24.4 Å². The van der Waals surface area contributed by atoms with E-state index in [1.54, 1.807) is 52.8 Å². The normalized spacial score (nSPS) is 20.9. The number of hydrogen-bond acceptors (Lipinski definition) is 11. The maximum Gasteiger partial charge on any atom is 0.437 e. The number of carbonyl (C=O) groups is 4. The van der Waals surface area contributed by atoms with Gasteiger partial charge in [0, 0.05) is 12.8 Å². The average Bonchev–Trinajstić information content (AvgIpc) is 3.68. The summed E-state index contributed by atoms with van der Waals surface area (Å²) in [4.78, 5) is 68.6. The summed E-state index contributed by atoms with van der Waals surface area (Å²) in [6, 6.07) is 1.20. The SMILES string of the molecule is COC(=O)N(C(=O)[N+]1(C(=O)[C@@H](N)C(C)C)CCC[C@H]1C)[C@H](C(=O)c1nn(Cc2ccc3c(c2)OCO3)c(=O)o1)C(C)C. The summed E-state index contributed by atoms with van der Waals surface area (Å²) in [6.07, 6.45) is -0.0500. The number of Topliss-reactive ketones (excluding diaryl/α,β-unsaturated/α-hetero) is 1. The van der Waals surface area contributed by atoms with E-state index in [0.717, 1.165) is 11.8 Å². The van der Waals surface area contributed by atoms with Crippen LogP contribution in [0.3, 0.4) is 0 Å². The van der Waals surface area contributed by atoms with Gasteiger partial charge in [-0.2, -0.15) is 14.1 Å². The molecule has 0 bridgehead atoms. The number of amides is 4. The number of nitrogens with two attached hydrogens (primary N) is 1. The van der Waals surface area contributed by atoms with Gasteiger partial charge in [-0.15, -0.1) is 5.10 Å². The largest absolute Gasteiger partial charge is 0.454 e. The van der Waals surface area contributed by atoms with Gasteiger partial charge in [0.15, 0.2) is 11.5 Å². The number of imide groups is 2. The Hall–Kier alpha value is -4.04. The number of methoxy groups -OCH3 is 1. The zero-order valence-corrected chi connectivity index (χ0v) is 24.7. The second-order valence-electron chi connectivity index (χ2n) is 11.4. The molecule has 2 aromatic rings. The van der Waals surface area contributed by atoms with Crippen LogP contribution in [0.5, 0.6) is 11.5 Å². The molecule has 42 heavy (non-hydrogen) atoms. The molecule has 4 rings (SSSR count). The molecule has 14 nitrogen and oxygen atoms in total. The molecule has 228 valence electrons. The quantitative estimate of drug-likeness (QED) is 0.354. The lowest BCUT2D eigenvalue weighted by molar-refractivity contribution is -0.788. The lowest BCUT2D eigenvalue weighted by Crippen LogP contribution is -2.70. The van der Waals surface area contributed by atoms with Crippen LogP contribution < -0.4 is 21.0 Å². The highest BCUT2D eigenvalue weighted by atomic mass is 16.7. The Morgan fingerprint density at radius 3 is 2.43 bits per heavy atom. The number of ketones is 1. The van der Waals surface area contributed by atoms with Crippen molar-refractivity contribution in [2.75, 3.05) is 20.4 Å². The highest BCUT2D eigenvalue weighted by Gasteiger charge is 2.59. The molecular formula is C28H38N5O9+. The Bertz CT molecular complexity index is 1430. The number of fused-ring (bicyclic) bond motifs is 1. The lowest BCUT2D eigenvalue weighted by atomic mass is 9.97. The van der Waals surface area contributed by atoms with Crippen LogP contribution >= 0.6 is 0 Å². The molecule has 1 unspecified atom stereocenters. The number of rotatable bonds is 8. The summed E-state index contributed by atoms with van der Waals surface area (Å²) in [5.74, 6) is -2.81. The molecule has 0 aliphatic carbocycles. The van der Waals surface area contributed by atoms with E-state index < -0.39 is 64.0 Å². The number of aromatic nitrogens is 2. The van der Waals surface area contributed by atoms with Crippen molar-refractivity contribution in [1.29, 1.82) is 0 Å². The standard InChI is InChI=1S/C28H38N5O9/c1-15(2)21(29)25(35)33(11-7-8-17(33)5)26(36)32(28(38)39-6)22(16(3)4)23(34)24-30-31(27(37)42-24)13-18-9-10-19-20(12-18)41-14-40-19/h9-10,12,15-17,21-22H,7-8,11,13-14,29H2,1-6H3/q+1/t17-,21+,22+,33?/m1/s1. The fraction of sp³-hybridized carbons (Fsp3) is 0.571. The third-order valence-electron chi connectivity index (χ3n) is 7.97. The molecule has 1 aromatic carbocycles. The Kier molecular flexibility index (Phi) is 8.87. The van der Waals surface area contributed by atoms with Crippen LogP contribution in [-0.2, 0) is 16.1 Å². The van der Waals surface area contributed by atoms with E-state index in [1.165, 1.54) is 0 Å². The van der Waals surface area contributed by atoms with Crippen molar-refractivity contribution < 1.29 is 42.3 Å². The molecule has 14 heteroatoms. The highest BCUT2D eigenvalue weighted by Crippen LogP contribution is 2.34. The van der Waals surface area contributed by atoms with Gasteiger partial charge in [-0.1, -0.05) is 33.8 Å². The first-order valence-electron chi connectivity index (χ1n) is 13.9. The molecule has 3 heterocycles. The van der Waals surface area contributed by atoms with Crippen LogP contribution in [-0.4, -0.2) is 81.6 Å². The molecule has 1 saturated heterocycles. The van der Waals surface area contributed by atoms with Crippen LogP contribution in [0.2, 0.25) is 0 Å². The van der Waals surface area contributed by atoms with Crippen molar-refractivity contribution in [3.8, 4) is 11.5 Å². The van der Waals surface area contributed by atoms with Gasteiger partial charge in [0.1, 0.15) is 18.1 Å². The summed E-state index contributed by atoms with van der Waals surface area (Å²) in [5, 5.41) is 4.08. The molecule has 1 fully saturated rings. The van der Waals surface area contributed by atoms with Crippen molar-refractivity contribution >= 4 is 23.8 Å². The number of quaternary nitrogens is 1. The number of benzene rings is 1. The Balaban J connectivity index is 1.70. The zero-order chi connectivity index (χ0) is 30.9. The van der Waals surface area contributed by atoms with Gasteiger partial charge >= 0.3 is 23.8 Å². The molecule has 0 spiro atoms. The smallest absolute Gasteiger partial charge is 0.437 e. The Morgan fingerprint density at radius 2 is 1.83 bits per heavy atom. The predicted molar refractivity (Wildman–Crippen MR) is 147 cm³/mol. The highest BCUT2D eigenvalue weighted by molar-refractivity contribution is 6.03. The first-order valence-corrected chi connectivity index (χ1v) is 13.9. The fourth-order valence-electron chi connectivity index (χ4n) is 5.50. The minimum Gasteiger partial charge on any atom is -0.454 e. The van der Waals surface area contributed by atoms with Crippen molar-refractivity contribution in [3.05, 3.63) is 40.2 Å². The minimum absolute atomic E-state index is 0.0443. The molecule has 2 aliphatic rings. The maximum absolute atomic E-state index is 14.4. The van der Waals surface area contributed by atoms with Gasteiger partial charge in [-0.3, -0.25) is 4.79 Å². The zero-order valence-electron chi connectivity index (χ0n) is 24.7. The number of nitrogens with zero attached hydrogens (tertiary/aromatic N) is 4. The summed E-state index contributed by atoms with van der Waals surface area (Å²) >= 11 is 0. The summed E-state index contributed by atoms with van der Waals surface area (Å²) in [5.41, 5.74) is 6.87. The van der Waals surface area contributed by atoms with E-state index in [0.29, 0.717) is 34.8 Å². The third-order valence-corrected chi connectivity index (χ3v) is 7.97. The van der Waals surface area contributed by atoms with Crippen LogP contribution in [0.1, 0.15) is 63.7 Å². The number of ether oxygens (including phenoxy) is 3. The van der Waals surface area contributed by atoms with Crippen LogP contribution in [0, 0.1) is 11.8 Å². The fourth-order valence-corrected chi connectivity index (χ4v) is 5.50. The van der Waals surface area contributed by atoms with E-state index in [1.807, 2.05) is 0 Å². The number of likely N-dealkylation sites (tertiary alicyclic amines) is 1. The van der Waals surface area contributed by atoms with Crippen molar-refractivity contribution in [2.24, 2.45) is 17.6 Å². The third kappa shape index (κ3) is 5.43. The molecule has 2 aliphatic heterocycles. The van der Waals surface area contributed by atoms with Gasteiger partial charge in [0.2, 0.25) is 12.6 Å². The summed E-state index contributed by atoms with van der Waals surface area (Å²) in [7, 11) is 1.07. The van der Waals surface area contributed by atoms with Crippen molar-refractivity contribution in [1.82, 2.24) is 14.7 Å². The molecule has 4 amide bonds. The van der Waals surface area contributed by atoms with Crippen molar-refractivity contribution in [2.45, 2.75) is 72.1 Å². The van der Waals surface area contributed by atoms with E-state index >= 15 is 0 Å². The second kappa shape index (κ2) is 12.1. The predicted octanol–water partition coefficient (Wildman–Crippen LogP) is 2.52. The first kappa shape index (κ1) is 30.9. The summed E-state index contributed by atoms with van der Waals surface area (Å²) in [6.45, 7) is 8.67. The number of carbonyl (C=O) groups excluding carboxylic acids is 4. The van der Waals surface area contributed by atoms with Crippen LogP contribution in [0.15, 0.2) is 27.4 Å². The Morgan fingerprint density at radius 1 is 1.14 bits per heavy atom.